The number of aliphatic hydroxyl groups is 1. The monoisotopic (exact) mass is 392 g/mol. The van der Waals surface area contributed by atoms with Gasteiger partial charge >= 0.3 is 6.03 Å². The van der Waals surface area contributed by atoms with Gasteiger partial charge in [0, 0.05) is 17.8 Å². The highest BCUT2D eigenvalue weighted by Crippen LogP contribution is 2.44. The Morgan fingerprint density at radius 1 is 1.19 bits per heavy atom. The Kier molecular flexibility index (Phi) is 6.82. The lowest BCUT2D eigenvalue weighted by molar-refractivity contribution is 0.170. The largest absolute Gasteiger partial charge is 0.386 e. The fraction of sp³-hybridized carbons (Fsp3) is 0.316. The first-order valence-corrected chi connectivity index (χ1v) is 10.5. The smallest absolute Gasteiger partial charge is 0.319 e. The normalized spacial score (nSPS) is 16.1. The summed E-state index contributed by atoms with van der Waals surface area (Å²) in [6.07, 6.45) is 0.139. The summed E-state index contributed by atoms with van der Waals surface area (Å²) < 4.78 is 14.0. The third-order valence-electron chi connectivity index (χ3n) is 3.96. The van der Waals surface area contributed by atoms with Crippen molar-refractivity contribution in [1.82, 2.24) is 5.32 Å². The van der Waals surface area contributed by atoms with Crippen LogP contribution in [0.3, 0.4) is 0 Å². The summed E-state index contributed by atoms with van der Waals surface area (Å²) in [7, 11) is 0. The van der Waals surface area contributed by atoms with Gasteiger partial charge in [0.05, 0.1) is 10.7 Å². The molecule has 0 saturated carbocycles. The number of hydrogen-bond donors (Lipinski definition) is 3. The molecular formula is C19H21FN2O2S2. The zero-order valence-electron chi connectivity index (χ0n) is 14.2. The fourth-order valence-electron chi connectivity index (χ4n) is 2.66. The minimum atomic E-state index is -1.09. The van der Waals surface area contributed by atoms with Gasteiger partial charge < -0.3 is 15.7 Å². The molecule has 1 atom stereocenters. The molecule has 26 heavy (non-hydrogen) atoms. The molecular weight excluding hydrogens is 371 g/mol. The van der Waals surface area contributed by atoms with Crippen LogP contribution in [0.25, 0.3) is 0 Å². The highest BCUT2D eigenvalue weighted by atomic mass is 32.2. The van der Waals surface area contributed by atoms with Crippen molar-refractivity contribution in [3.63, 3.8) is 0 Å². The lowest BCUT2D eigenvalue weighted by atomic mass is 10.1. The minimum Gasteiger partial charge on any atom is -0.386 e. The quantitative estimate of drug-likeness (QED) is 0.699. The van der Waals surface area contributed by atoms with E-state index in [1.807, 2.05) is 41.7 Å². The van der Waals surface area contributed by atoms with Crippen LogP contribution >= 0.6 is 23.5 Å². The van der Waals surface area contributed by atoms with Gasteiger partial charge in [-0.3, -0.25) is 0 Å². The summed E-state index contributed by atoms with van der Waals surface area (Å²) in [5, 5.41) is 15.4. The van der Waals surface area contributed by atoms with Gasteiger partial charge in [0.25, 0.3) is 0 Å². The first-order chi connectivity index (χ1) is 12.6. The highest BCUT2D eigenvalue weighted by molar-refractivity contribution is 8.16. The summed E-state index contributed by atoms with van der Waals surface area (Å²) >= 11 is 3.85. The molecule has 0 aliphatic carbocycles. The molecule has 2 aromatic rings. The minimum absolute atomic E-state index is 0.0687. The molecule has 3 N–H and O–H groups in total. The first kappa shape index (κ1) is 19.1. The number of carbonyl (C=O) groups is 1. The van der Waals surface area contributed by atoms with E-state index in [-0.39, 0.29) is 12.1 Å². The van der Waals surface area contributed by atoms with Crippen molar-refractivity contribution in [2.24, 2.45) is 0 Å². The van der Waals surface area contributed by atoms with Gasteiger partial charge in [-0.1, -0.05) is 30.3 Å². The van der Waals surface area contributed by atoms with Crippen LogP contribution in [0.1, 0.15) is 28.2 Å². The molecule has 4 nitrogen and oxygen atoms in total. The lowest BCUT2D eigenvalue weighted by Crippen LogP contribution is -2.32. The summed E-state index contributed by atoms with van der Waals surface area (Å²) in [4.78, 5) is 12.1. The number of urea groups is 1. The van der Waals surface area contributed by atoms with Crippen LogP contribution in [0.5, 0.6) is 0 Å². The van der Waals surface area contributed by atoms with Crippen molar-refractivity contribution in [2.75, 3.05) is 23.4 Å². The summed E-state index contributed by atoms with van der Waals surface area (Å²) in [6.45, 7) is -0.0687. The Labute approximate surface area is 161 Å². The van der Waals surface area contributed by atoms with Crippen molar-refractivity contribution in [3.8, 4) is 0 Å². The van der Waals surface area contributed by atoms with E-state index >= 15 is 0 Å². The number of aliphatic hydroxyl groups excluding tert-OH is 1. The Morgan fingerprint density at radius 3 is 2.73 bits per heavy atom. The van der Waals surface area contributed by atoms with Gasteiger partial charge in [0.2, 0.25) is 0 Å². The third kappa shape index (κ3) is 5.16. The first-order valence-electron chi connectivity index (χ1n) is 8.44. The van der Waals surface area contributed by atoms with Crippen LogP contribution in [0.4, 0.5) is 14.9 Å². The second-order valence-electron chi connectivity index (χ2n) is 5.92. The van der Waals surface area contributed by atoms with Gasteiger partial charge in [-0.25, -0.2) is 9.18 Å². The maximum atomic E-state index is 13.6. The maximum absolute atomic E-state index is 13.6. The van der Waals surface area contributed by atoms with Crippen molar-refractivity contribution in [3.05, 3.63) is 65.5 Å². The van der Waals surface area contributed by atoms with Gasteiger partial charge in [0.1, 0.15) is 5.82 Å². The number of carbonyl (C=O) groups excluding carboxylic acids is 1. The number of amides is 2. The highest BCUT2D eigenvalue weighted by Gasteiger charge is 2.17. The van der Waals surface area contributed by atoms with Gasteiger partial charge in [-0.05, 0) is 41.7 Å². The van der Waals surface area contributed by atoms with Crippen LogP contribution in [0.2, 0.25) is 0 Å². The summed E-state index contributed by atoms with van der Waals surface area (Å²) in [5.41, 5.74) is 2.05. The molecule has 1 saturated heterocycles. The van der Waals surface area contributed by atoms with Crippen molar-refractivity contribution < 1.29 is 14.3 Å². The molecule has 3 rings (SSSR count). The topological polar surface area (TPSA) is 61.4 Å². The second kappa shape index (κ2) is 9.30. The Bertz CT molecular complexity index is 754. The molecule has 1 unspecified atom stereocenters. The maximum Gasteiger partial charge on any atom is 0.319 e. The van der Waals surface area contributed by atoms with Crippen LogP contribution in [-0.4, -0.2) is 29.2 Å². The molecule has 2 amide bonds. The Balaban J connectivity index is 1.54. The van der Waals surface area contributed by atoms with Crippen LogP contribution in [0, 0.1) is 5.82 Å². The molecule has 0 aromatic heterocycles. The summed E-state index contributed by atoms with van der Waals surface area (Å²) in [5.74, 6) is 1.82. The van der Waals surface area contributed by atoms with Crippen molar-refractivity contribution >= 4 is 35.2 Å². The van der Waals surface area contributed by atoms with E-state index in [4.69, 9.17) is 0 Å². The van der Waals surface area contributed by atoms with Gasteiger partial charge in [-0.2, -0.15) is 0 Å². The van der Waals surface area contributed by atoms with Crippen molar-refractivity contribution in [1.29, 1.82) is 0 Å². The van der Waals surface area contributed by atoms with Crippen LogP contribution < -0.4 is 10.6 Å². The molecule has 7 heteroatoms. The number of nitrogens with one attached hydrogen (secondary N) is 2. The Hall–Kier alpha value is -1.70. The van der Waals surface area contributed by atoms with E-state index in [0.717, 1.165) is 11.5 Å². The zero-order chi connectivity index (χ0) is 18.4. The van der Waals surface area contributed by atoms with E-state index in [2.05, 4.69) is 16.7 Å². The molecule has 1 heterocycles. The van der Waals surface area contributed by atoms with E-state index in [1.165, 1.54) is 24.1 Å². The van der Waals surface area contributed by atoms with Crippen LogP contribution in [-0.2, 0) is 0 Å². The SMILES string of the molecule is O=C(NCC(O)c1ccccc1F)Nc1cccc(C2SCCCS2)c1. The van der Waals surface area contributed by atoms with Crippen LogP contribution in [0.15, 0.2) is 48.5 Å². The molecule has 0 bridgehead atoms. The third-order valence-corrected chi connectivity index (χ3v) is 6.98. The number of rotatable bonds is 5. The zero-order valence-corrected chi connectivity index (χ0v) is 15.8. The molecule has 2 aromatic carbocycles. The standard InChI is InChI=1S/C19H21FN2O2S2/c20-16-8-2-1-7-15(16)17(23)12-21-19(24)22-14-6-3-5-13(11-14)18-25-9-4-10-26-18/h1-3,5-8,11,17-18,23H,4,9-10,12H2,(H2,21,22,24). The number of hydrogen-bond acceptors (Lipinski definition) is 4. The number of benzene rings is 2. The van der Waals surface area contributed by atoms with Gasteiger partial charge in [-0.15, -0.1) is 23.5 Å². The molecule has 0 spiro atoms. The molecule has 0 radical (unpaired) electrons. The number of thioether (sulfide) groups is 2. The van der Waals surface area contributed by atoms with Gasteiger partial charge in [0.15, 0.2) is 0 Å². The van der Waals surface area contributed by atoms with E-state index in [9.17, 15) is 14.3 Å². The fourth-order valence-corrected chi connectivity index (χ4v) is 5.54. The van der Waals surface area contributed by atoms with E-state index < -0.39 is 18.0 Å². The lowest BCUT2D eigenvalue weighted by Gasteiger charge is -2.21. The average Bonchev–Trinajstić information content (AvgIpc) is 2.67. The molecule has 1 aliphatic rings. The predicted molar refractivity (Wildman–Crippen MR) is 107 cm³/mol. The average molecular weight is 393 g/mol. The number of anilines is 1. The van der Waals surface area contributed by atoms with E-state index in [0.29, 0.717) is 10.3 Å². The van der Waals surface area contributed by atoms with E-state index in [1.54, 1.807) is 12.1 Å². The number of halogens is 1. The molecule has 138 valence electrons. The summed E-state index contributed by atoms with van der Waals surface area (Å²) in [6, 6.07) is 13.4. The molecule has 1 aliphatic heterocycles. The van der Waals surface area contributed by atoms with Crippen molar-refractivity contribution in [2.45, 2.75) is 17.1 Å². The molecule has 1 fully saturated rings. The predicted octanol–water partition coefficient (Wildman–Crippen LogP) is 4.55. The Morgan fingerprint density at radius 2 is 1.96 bits per heavy atom. The second-order valence-corrected chi connectivity index (χ2v) is 8.65.